The van der Waals surface area contributed by atoms with Gasteiger partial charge in [-0.05, 0) is 38.0 Å². The summed E-state index contributed by atoms with van der Waals surface area (Å²) in [4.78, 5) is 0. The Morgan fingerprint density at radius 3 is 2.53 bits per heavy atom. The Labute approximate surface area is 114 Å². The number of benzene rings is 2. The predicted octanol–water partition coefficient (Wildman–Crippen LogP) is 4.93. The molecule has 0 radical (unpaired) electrons. The standard InChI is InChI=1S/C18H18O/c1-5-13-7-9-15-14-8-6-12(2)10-16(14)18(3,4)19-17(15)11-13/h5-11H,1H2,2-4H3. The van der Waals surface area contributed by atoms with E-state index in [0.717, 1.165) is 11.3 Å². The van der Waals surface area contributed by atoms with Crippen molar-refractivity contribution in [3.05, 3.63) is 59.7 Å². The third-order valence-corrected chi connectivity index (χ3v) is 3.72. The summed E-state index contributed by atoms with van der Waals surface area (Å²) in [5, 5.41) is 0. The van der Waals surface area contributed by atoms with Crippen LogP contribution in [0.25, 0.3) is 17.2 Å². The summed E-state index contributed by atoms with van der Waals surface area (Å²) in [6, 6.07) is 12.8. The lowest BCUT2D eigenvalue weighted by Gasteiger charge is -2.35. The number of hydrogen-bond acceptors (Lipinski definition) is 1. The van der Waals surface area contributed by atoms with E-state index in [1.807, 2.05) is 6.08 Å². The summed E-state index contributed by atoms with van der Waals surface area (Å²) in [6.45, 7) is 10.2. The van der Waals surface area contributed by atoms with Crippen molar-refractivity contribution < 1.29 is 4.74 Å². The van der Waals surface area contributed by atoms with E-state index in [4.69, 9.17) is 4.74 Å². The van der Waals surface area contributed by atoms with Crippen molar-refractivity contribution in [3.8, 4) is 16.9 Å². The second-order valence-electron chi connectivity index (χ2n) is 5.62. The second-order valence-corrected chi connectivity index (χ2v) is 5.62. The lowest BCUT2D eigenvalue weighted by Crippen LogP contribution is -2.29. The molecule has 0 amide bonds. The summed E-state index contributed by atoms with van der Waals surface area (Å²) < 4.78 is 6.20. The monoisotopic (exact) mass is 250 g/mol. The van der Waals surface area contributed by atoms with Crippen LogP contribution in [-0.2, 0) is 5.60 Å². The first-order valence-electron chi connectivity index (χ1n) is 6.58. The van der Waals surface area contributed by atoms with Crippen LogP contribution in [0.1, 0.15) is 30.5 Å². The van der Waals surface area contributed by atoms with Crippen LogP contribution >= 0.6 is 0 Å². The van der Waals surface area contributed by atoms with Gasteiger partial charge in [0.1, 0.15) is 11.4 Å². The molecular weight excluding hydrogens is 232 g/mol. The Bertz CT molecular complexity index is 665. The molecule has 1 aliphatic rings. The average Bonchev–Trinajstić information content (AvgIpc) is 2.38. The SMILES string of the molecule is C=Cc1ccc2c(c1)OC(C)(C)c1cc(C)ccc1-2. The van der Waals surface area contributed by atoms with Crippen molar-refractivity contribution in [2.75, 3.05) is 0 Å². The van der Waals surface area contributed by atoms with Crippen LogP contribution in [0.15, 0.2) is 43.0 Å². The smallest absolute Gasteiger partial charge is 0.129 e. The van der Waals surface area contributed by atoms with Gasteiger partial charge in [-0.2, -0.15) is 0 Å². The van der Waals surface area contributed by atoms with Crippen molar-refractivity contribution in [3.63, 3.8) is 0 Å². The molecule has 19 heavy (non-hydrogen) atoms. The molecule has 0 fully saturated rings. The Morgan fingerprint density at radius 1 is 1.05 bits per heavy atom. The molecule has 2 aromatic rings. The molecule has 0 aliphatic carbocycles. The summed E-state index contributed by atoms with van der Waals surface area (Å²) >= 11 is 0. The first kappa shape index (κ1) is 12.0. The van der Waals surface area contributed by atoms with Crippen molar-refractivity contribution >= 4 is 6.08 Å². The highest BCUT2D eigenvalue weighted by Gasteiger charge is 2.32. The van der Waals surface area contributed by atoms with Crippen molar-refractivity contribution in [2.45, 2.75) is 26.4 Å². The maximum Gasteiger partial charge on any atom is 0.129 e. The number of rotatable bonds is 1. The maximum absolute atomic E-state index is 6.20. The van der Waals surface area contributed by atoms with E-state index in [2.05, 4.69) is 63.7 Å². The Hall–Kier alpha value is -2.02. The van der Waals surface area contributed by atoms with E-state index in [9.17, 15) is 0 Å². The normalized spacial score (nSPS) is 15.1. The highest BCUT2D eigenvalue weighted by molar-refractivity contribution is 5.78. The molecule has 1 nitrogen and oxygen atoms in total. The molecule has 0 N–H and O–H groups in total. The molecule has 0 bridgehead atoms. The fraction of sp³-hybridized carbons (Fsp3) is 0.222. The number of aryl methyl sites for hydroxylation is 1. The summed E-state index contributed by atoms with van der Waals surface area (Å²) in [6.07, 6.45) is 1.85. The molecular formula is C18H18O. The minimum absolute atomic E-state index is 0.297. The zero-order valence-electron chi connectivity index (χ0n) is 11.7. The minimum atomic E-state index is -0.297. The molecule has 0 aromatic heterocycles. The summed E-state index contributed by atoms with van der Waals surface area (Å²) in [7, 11) is 0. The fourth-order valence-corrected chi connectivity index (χ4v) is 2.69. The number of ether oxygens (including phenoxy) is 1. The van der Waals surface area contributed by atoms with Gasteiger partial charge >= 0.3 is 0 Å². The largest absolute Gasteiger partial charge is 0.482 e. The first-order chi connectivity index (χ1) is 9.01. The Balaban J connectivity index is 2.29. The lowest BCUT2D eigenvalue weighted by molar-refractivity contribution is 0.105. The van der Waals surface area contributed by atoms with Gasteiger partial charge in [0.2, 0.25) is 0 Å². The number of fused-ring (bicyclic) bond motifs is 3. The van der Waals surface area contributed by atoms with E-state index in [1.165, 1.54) is 22.3 Å². The van der Waals surface area contributed by atoms with Crippen LogP contribution in [0, 0.1) is 6.92 Å². The van der Waals surface area contributed by atoms with Crippen LogP contribution in [0.4, 0.5) is 0 Å². The van der Waals surface area contributed by atoms with Crippen molar-refractivity contribution in [1.82, 2.24) is 0 Å². The quantitative estimate of drug-likeness (QED) is 0.697. The van der Waals surface area contributed by atoms with Gasteiger partial charge in [0, 0.05) is 11.1 Å². The van der Waals surface area contributed by atoms with E-state index in [0.29, 0.717) is 0 Å². The first-order valence-corrected chi connectivity index (χ1v) is 6.58. The number of hydrogen-bond donors (Lipinski definition) is 0. The van der Waals surface area contributed by atoms with Crippen molar-refractivity contribution in [1.29, 1.82) is 0 Å². The minimum Gasteiger partial charge on any atom is -0.482 e. The van der Waals surface area contributed by atoms with Crippen LogP contribution in [0.5, 0.6) is 5.75 Å². The van der Waals surface area contributed by atoms with Gasteiger partial charge < -0.3 is 4.74 Å². The molecule has 96 valence electrons. The van der Waals surface area contributed by atoms with Gasteiger partial charge in [0.05, 0.1) is 0 Å². The summed E-state index contributed by atoms with van der Waals surface area (Å²) in [5.41, 5.74) is 5.75. The highest BCUT2D eigenvalue weighted by Crippen LogP contribution is 2.45. The van der Waals surface area contributed by atoms with Crippen molar-refractivity contribution in [2.24, 2.45) is 0 Å². The molecule has 0 saturated carbocycles. The second kappa shape index (κ2) is 3.99. The van der Waals surface area contributed by atoms with E-state index < -0.39 is 0 Å². The van der Waals surface area contributed by atoms with Gasteiger partial charge in [-0.15, -0.1) is 0 Å². The van der Waals surface area contributed by atoms with E-state index in [1.54, 1.807) is 0 Å². The topological polar surface area (TPSA) is 9.23 Å². The molecule has 3 rings (SSSR count). The van der Waals surface area contributed by atoms with Gasteiger partial charge in [-0.3, -0.25) is 0 Å². The van der Waals surface area contributed by atoms with Gasteiger partial charge in [0.15, 0.2) is 0 Å². The van der Waals surface area contributed by atoms with Gasteiger partial charge in [0.25, 0.3) is 0 Å². The zero-order valence-corrected chi connectivity index (χ0v) is 11.7. The predicted molar refractivity (Wildman–Crippen MR) is 80.4 cm³/mol. The molecule has 1 heterocycles. The molecule has 0 spiro atoms. The third kappa shape index (κ3) is 1.86. The summed E-state index contributed by atoms with van der Waals surface area (Å²) in [5.74, 6) is 0.943. The molecule has 1 heteroatoms. The van der Waals surface area contributed by atoms with Crippen LogP contribution in [-0.4, -0.2) is 0 Å². The highest BCUT2D eigenvalue weighted by atomic mass is 16.5. The van der Waals surface area contributed by atoms with E-state index >= 15 is 0 Å². The molecule has 2 aromatic carbocycles. The molecule has 0 unspecified atom stereocenters. The lowest BCUT2D eigenvalue weighted by atomic mass is 9.85. The Kier molecular flexibility index (Phi) is 2.53. The van der Waals surface area contributed by atoms with E-state index in [-0.39, 0.29) is 5.60 Å². The fourth-order valence-electron chi connectivity index (χ4n) is 2.69. The van der Waals surface area contributed by atoms with Crippen LogP contribution < -0.4 is 4.74 Å². The third-order valence-electron chi connectivity index (χ3n) is 3.72. The van der Waals surface area contributed by atoms with Gasteiger partial charge in [-0.1, -0.05) is 48.6 Å². The molecule has 0 saturated heterocycles. The molecule has 1 aliphatic heterocycles. The average molecular weight is 250 g/mol. The van der Waals surface area contributed by atoms with Gasteiger partial charge in [-0.25, -0.2) is 0 Å². The maximum atomic E-state index is 6.20. The van der Waals surface area contributed by atoms with Crippen LogP contribution in [0.2, 0.25) is 0 Å². The Morgan fingerprint density at radius 2 is 1.79 bits per heavy atom. The zero-order chi connectivity index (χ0) is 13.6. The molecule has 0 atom stereocenters. The van der Waals surface area contributed by atoms with Crippen LogP contribution in [0.3, 0.4) is 0 Å².